The summed E-state index contributed by atoms with van der Waals surface area (Å²) in [5.41, 5.74) is 13.7. The van der Waals surface area contributed by atoms with E-state index >= 15 is 0 Å². The van der Waals surface area contributed by atoms with Gasteiger partial charge in [-0.25, -0.2) is 0 Å². The van der Waals surface area contributed by atoms with Gasteiger partial charge in [0.1, 0.15) is 11.5 Å². The molecule has 65 heavy (non-hydrogen) atoms. The van der Waals surface area contributed by atoms with Crippen molar-refractivity contribution in [1.29, 1.82) is 0 Å². The van der Waals surface area contributed by atoms with Gasteiger partial charge in [0, 0.05) is 51.1 Å². The molecule has 1 unspecified atom stereocenters. The SMILES string of the molecule is CC12Cc3c(c4c(n3-c3ccc([Si](c5ccccc5)(c5ccccc5)c5cccc(-c6ccc7c(c6)c6ccccc6n7-c6ccccc6)c5)cc3)C=CCC4)C=C1Oc1ccccc12. The van der Waals surface area contributed by atoms with Crippen LogP contribution in [0, 0.1) is 0 Å². The van der Waals surface area contributed by atoms with Crippen LogP contribution in [0.15, 0.2) is 218 Å². The van der Waals surface area contributed by atoms with Crippen molar-refractivity contribution in [2.24, 2.45) is 0 Å². The number of fused-ring (bicyclic) bond motifs is 9. The number of hydrogen-bond donors (Lipinski definition) is 0. The molecule has 1 atom stereocenters. The summed E-state index contributed by atoms with van der Waals surface area (Å²) in [6, 6.07) is 76.9. The molecular weight excluding hydrogens is 805 g/mol. The number of nitrogens with zero attached hydrogens (tertiary/aromatic N) is 2. The molecule has 0 saturated heterocycles. The summed E-state index contributed by atoms with van der Waals surface area (Å²) in [4.78, 5) is 0. The lowest BCUT2D eigenvalue weighted by molar-refractivity contribution is 0.376. The van der Waals surface area contributed by atoms with Crippen LogP contribution in [-0.2, 0) is 18.3 Å². The lowest BCUT2D eigenvalue weighted by Crippen LogP contribution is -2.74. The van der Waals surface area contributed by atoms with Crippen molar-refractivity contribution in [2.75, 3.05) is 0 Å². The molecule has 3 nitrogen and oxygen atoms in total. The van der Waals surface area contributed by atoms with E-state index in [4.69, 9.17) is 4.74 Å². The van der Waals surface area contributed by atoms with E-state index in [-0.39, 0.29) is 5.41 Å². The minimum Gasteiger partial charge on any atom is -0.460 e. The summed E-state index contributed by atoms with van der Waals surface area (Å²) in [5, 5.41) is 7.95. The van der Waals surface area contributed by atoms with Crippen molar-refractivity contribution in [3.8, 4) is 28.3 Å². The molecule has 1 aliphatic heterocycles. The number of para-hydroxylation sites is 3. The molecule has 0 amide bonds. The first-order chi connectivity index (χ1) is 32.1. The Bertz CT molecular complexity index is 3500. The highest BCUT2D eigenvalue weighted by molar-refractivity contribution is 7.19. The zero-order valence-electron chi connectivity index (χ0n) is 36.3. The van der Waals surface area contributed by atoms with Gasteiger partial charge in [-0.2, -0.15) is 0 Å². The van der Waals surface area contributed by atoms with Crippen LogP contribution < -0.4 is 25.5 Å². The third kappa shape index (κ3) is 5.67. The molecule has 0 saturated carbocycles. The fourth-order valence-corrected chi connectivity index (χ4v) is 16.4. The number of aromatic nitrogens is 2. The maximum absolute atomic E-state index is 6.58. The summed E-state index contributed by atoms with van der Waals surface area (Å²) in [6.07, 6.45) is 10.0. The van der Waals surface area contributed by atoms with Gasteiger partial charge in [-0.05, 0) is 118 Å². The zero-order valence-corrected chi connectivity index (χ0v) is 37.3. The van der Waals surface area contributed by atoms with E-state index in [1.807, 2.05) is 0 Å². The molecule has 0 fully saturated rings. The fourth-order valence-electron chi connectivity index (χ4n) is 11.6. The van der Waals surface area contributed by atoms with Crippen LogP contribution in [0.4, 0.5) is 0 Å². The maximum Gasteiger partial charge on any atom is 0.179 e. The molecule has 10 aromatic rings. The Morgan fingerprint density at radius 1 is 0.523 bits per heavy atom. The van der Waals surface area contributed by atoms with Crippen molar-refractivity contribution >= 4 is 62.8 Å². The van der Waals surface area contributed by atoms with Gasteiger partial charge in [-0.3, -0.25) is 0 Å². The summed E-state index contributed by atoms with van der Waals surface area (Å²) >= 11 is 0. The number of allylic oxidation sites excluding steroid dienone is 2. The van der Waals surface area contributed by atoms with E-state index in [1.54, 1.807) is 0 Å². The van der Waals surface area contributed by atoms with Gasteiger partial charge in [0.05, 0.1) is 16.4 Å². The van der Waals surface area contributed by atoms with Gasteiger partial charge in [0.25, 0.3) is 0 Å². The maximum atomic E-state index is 6.58. The fraction of sp³-hybridized carbons (Fsp3) is 0.0820. The molecule has 13 rings (SSSR count). The average Bonchev–Trinajstić information content (AvgIpc) is 3.98. The molecule has 0 spiro atoms. The quantitative estimate of drug-likeness (QED) is 0.115. The minimum atomic E-state index is -2.89. The van der Waals surface area contributed by atoms with Crippen molar-refractivity contribution in [1.82, 2.24) is 9.13 Å². The first-order valence-electron chi connectivity index (χ1n) is 22.9. The Morgan fingerprint density at radius 3 is 1.94 bits per heavy atom. The number of ether oxygens (including phenoxy) is 1. The van der Waals surface area contributed by atoms with Crippen LogP contribution in [-0.4, -0.2) is 17.2 Å². The number of benzene rings is 8. The van der Waals surface area contributed by atoms with Crippen molar-refractivity contribution < 1.29 is 4.74 Å². The molecule has 2 aliphatic carbocycles. The normalized spacial score (nSPS) is 16.1. The Kier molecular flexibility index (Phi) is 8.56. The van der Waals surface area contributed by atoms with Gasteiger partial charge >= 0.3 is 0 Å². The molecule has 0 radical (unpaired) electrons. The Balaban J connectivity index is 0.977. The summed E-state index contributed by atoms with van der Waals surface area (Å²) in [7, 11) is -2.89. The first kappa shape index (κ1) is 37.9. The highest BCUT2D eigenvalue weighted by atomic mass is 28.3. The highest BCUT2D eigenvalue weighted by Crippen LogP contribution is 2.52. The minimum absolute atomic E-state index is 0.219. The molecule has 3 heterocycles. The monoisotopic (exact) mass is 850 g/mol. The van der Waals surface area contributed by atoms with Crippen LogP contribution in [0.2, 0.25) is 0 Å². The zero-order chi connectivity index (χ0) is 43.1. The van der Waals surface area contributed by atoms with Crippen LogP contribution in [0.5, 0.6) is 5.75 Å². The Morgan fingerprint density at radius 2 is 1.15 bits per heavy atom. The summed E-state index contributed by atoms with van der Waals surface area (Å²) in [6.45, 7) is 2.36. The van der Waals surface area contributed by atoms with Crippen LogP contribution in [0.3, 0.4) is 0 Å². The molecule has 3 aliphatic rings. The van der Waals surface area contributed by atoms with Crippen molar-refractivity contribution in [2.45, 2.75) is 31.6 Å². The number of rotatable bonds is 7. The third-order valence-corrected chi connectivity index (χ3v) is 19.4. The highest BCUT2D eigenvalue weighted by Gasteiger charge is 2.46. The van der Waals surface area contributed by atoms with Gasteiger partial charge in [0.2, 0.25) is 0 Å². The molecule has 8 aromatic carbocycles. The lowest BCUT2D eigenvalue weighted by Gasteiger charge is -2.35. The van der Waals surface area contributed by atoms with Gasteiger partial charge in [-0.15, -0.1) is 0 Å². The van der Waals surface area contributed by atoms with E-state index in [2.05, 4.69) is 241 Å². The van der Waals surface area contributed by atoms with E-state index in [9.17, 15) is 0 Å². The van der Waals surface area contributed by atoms with Crippen molar-refractivity contribution in [3.05, 3.63) is 246 Å². The van der Waals surface area contributed by atoms with Gasteiger partial charge < -0.3 is 13.9 Å². The first-order valence-corrected chi connectivity index (χ1v) is 24.9. The lowest BCUT2D eigenvalue weighted by atomic mass is 9.74. The second-order valence-electron chi connectivity index (χ2n) is 18.1. The third-order valence-electron chi connectivity index (χ3n) is 14.6. The summed E-state index contributed by atoms with van der Waals surface area (Å²) in [5.74, 6) is 2.05. The van der Waals surface area contributed by atoms with E-state index in [0.717, 1.165) is 30.8 Å². The van der Waals surface area contributed by atoms with Crippen LogP contribution in [0.1, 0.15) is 41.4 Å². The van der Waals surface area contributed by atoms with Crippen molar-refractivity contribution in [3.63, 3.8) is 0 Å². The predicted molar refractivity (Wildman–Crippen MR) is 273 cm³/mol. The average molecular weight is 851 g/mol. The number of hydrogen-bond acceptors (Lipinski definition) is 1. The topological polar surface area (TPSA) is 19.1 Å². The smallest absolute Gasteiger partial charge is 0.179 e. The largest absolute Gasteiger partial charge is 0.460 e. The standard InChI is InChI=1S/C61H46N2OSi/c1-61-41-58-53(40-60(61)64-59-31-16-13-28-54(59)61)51-27-12-15-30-56(51)63(58)45-33-35-48(36-34-45)65(46-21-7-3-8-22-46,47-23-9-4-10-24-47)49-25-17-18-42(38-49)43-32-37-57-52(39-43)50-26-11-14-29-55(50)62(57)44-19-5-2-6-20-44/h2-11,13-26,28-40H,12,27,41H2,1H3. The second kappa shape index (κ2) is 14.7. The van der Waals surface area contributed by atoms with E-state index < -0.39 is 8.07 Å². The molecule has 2 aromatic heterocycles. The Labute approximate surface area is 380 Å². The molecule has 310 valence electrons. The van der Waals surface area contributed by atoms with E-state index in [0.29, 0.717) is 0 Å². The van der Waals surface area contributed by atoms with Crippen LogP contribution >= 0.6 is 0 Å². The molecule has 4 heteroatoms. The summed E-state index contributed by atoms with van der Waals surface area (Å²) < 4.78 is 11.5. The second-order valence-corrected chi connectivity index (χ2v) is 22.0. The van der Waals surface area contributed by atoms with Crippen LogP contribution in [0.25, 0.3) is 56.5 Å². The molecule has 0 bridgehead atoms. The van der Waals surface area contributed by atoms with E-state index in [1.165, 1.54) is 93.1 Å². The Hall–Kier alpha value is -7.66. The van der Waals surface area contributed by atoms with Gasteiger partial charge in [0.15, 0.2) is 8.07 Å². The molecular formula is C61H46N2OSi. The van der Waals surface area contributed by atoms with Gasteiger partial charge in [-0.1, -0.05) is 164 Å². The predicted octanol–water partition coefficient (Wildman–Crippen LogP) is 11.8. The molecule has 0 N–H and O–H groups in total.